The van der Waals surface area contributed by atoms with Gasteiger partial charge in [0.25, 0.3) is 0 Å². The molecule has 0 N–H and O–H groups in total. The Morgan fingerprint density at radius 3 is 1.39 bits per heavy atom. The zero-order valence-corrected chi connectivity index (χ0v) is 7.55. The van der Waals surface area contributed by atoms with Crippen LogP contribution in [-0.4, -0.2) is 31.1 Å². The molecule has 0 heterocycles. The molecular weight excluding hydrogens is 301 g/mol. The van der Waals surface area contributed by atoms with Gasteiger partial charge in [0.1, 0.15) is 0 Å². The first kappa shape index (κ1) is 17.2. The van der Waals surface area contributed by atoms with Crippen LogP contribution in [0.4, 0.5) is 48.3 Å². The Kier molecular flexibility index (Phi) is 4.46. The Balaban J connectivity index is 4.78. The average molecular weight is 302 g/mol. The van der Waals surface area contributed by atoms with E-state index in [1.54, 1.807) is 4.74 Å². The van der Waals surface area contributed by atoms with Crippen LogP contribution < -0.4 is 0 Å². The number of ether oxygens (including phenoxy) is 2. The Bertz CT molecular complexity index is 278. The van der Waals surface area contributed by atoms with Gasteiger partial charge in [0.2, 0.25) is 0 Å². The van der Waals surface area contributed by atoms with Gasteiger partial charge in [-0.3, -0.25) is 4.74 Å². The topological polar surface area (TPSA) is 18.5 Å². The van der Waals surface area contributed by atoms with E-state index in [9.17, 15) is 48.3 Å². The van der Waals surface area contributed by atoms with Crippen LogP contribution in [0, 0.1) is 0 Å². The largest absolute Gasteiger partial charge is 0.493 e. The fraction of sp³-hybridized carbons (Fsp3) is 1.00. The van der Waals surface area contributed by atoms with Crippen molar-refractivity contribution in [3.63, 3.8) is 0 Å². The van der Waals surface area contributed by atoms with Gasteiger partial charge in [0.15, 0.2) is 0 Å². The maximum Gasteiger partial charge on any atom is 0.493 e. The second kappa shape index (κ2) is 4.68. The predicted octanol–water partition coefficient (Wildman–Crippen LogP) is 3.58. The molecule has 0 aliphatic rings. The van der Waals surface area contributed by atoms with Gasteiger partial charge in [-0.25, -0.2) is 9.13 Å². The fourth-order valence-corrected chi connectivity index (χ4v) is 0.418. The number of hydrogen-bond acceptors (Lipinski definition) is 2. The predicted molar refractivity (Wildman–Crippen MR) is 29.1 cm³/mol. The molecule has 0 aromatic carbocycles. The van der Waals surface area contributed by atoms with Crippen molar-refractivity contribution >= 4 is 0 Å². The third kappa shape index (κ3) is 4.80. The SMILES string of the molecule is FC(OC(F)(F)OC(F)(F)C(F)(F)F)C(F)(F)F. The van der Waals surface area contributed by atoms with Gasteiger partial charge in [-0.2, -0.15) is 35.1 Å². The summed E-state index contributed by atoms with van der Waals surface area (Å²) in [6.45, 7) is 0. The first-order valence-electron chi connectivity index (χ1n) is 3.49. The summed E-state index contributed by atoms with van der Waals surface area (Å²) in [4.78, 5) is 0. The molecule has 0 aromatic rings. The molecule has 0 spiro atoms. The van der Waals surface area contributed by atoms with Gasteiger partial charge in [-0.05, 0) is 0 Å². The Labute approximate surface area is 90.2 Å². The standard InChI is InChI=1S/C5HF11O2/c6-1(2(7,8)9)17-5(15,16)18-4(13,14)3(10,11)12/h1H. The van der Waals surface area contributed by atoms with E-state index in [1.165, 1.54) is 0 Å². The Morgan fingerprint density at radius 1 is 0.722 bits per heavy atom. The van der Waals surface area contributed by atoms with Gasteiger partial charge >= 0.3 is 31.1 Å². The fourth-order valence-electron chi connectivity index (χ4n) is 0.418. The molecule has 0 amide bonds. The van der Waals surface area contributed by atoms with Crippen molar-refractivity contribution < 1.29 is 57.8 Å². The van der Waals surface area contributed by atoms with E-state index < -0.39 is 31.1 Å². The molecule has 1 unspecified atom stereocenters. The number of hydrogen-bond donors (Lipinski definition) is 0. The molecule has 0 fully saturated rings. The highest BCUT2D eigenvalue weighted by Gasteiger charge is 2.65. The highest BCUT2D eigenvalue weighted by molar-refractivity contribution is 4.65. The van der Waals surface area contributed by atoms with Crippen LogP contribution in [-0.2, 0) is 9.47 Å². The molecule has 0 saturated carbocycles. The van der Waals surface area contributed by atoms with E-state index >= 15 is 0 Å². The lowest BCUT2D eigenvalue weighted by Crippen LogP contribution is -2.47. The molecule has 0 aliphatic carbocycles. The number of alkyl halides is 11. The molecule has 0 aliphatic heterocycles. The minimum absolute atomic E-state index is 1.70. The monoisotopic (exact) mass is 302 g/mol. The summed E-state index contributed by atoms with van der Waals surface area (Å²) in [6.07, 6.45) is -30.2. The van der Waals surface area contributed by atoms with Crippen molar-refractivity contribution in [2.24, 2.45) is 0 Å². The van der Waals surface area contributed by atoms with E-state index in [0.29, 0.717) is 0 Å². The van der Waals surface area contributed by atoms with Crippen molar-refractivity contribution in [1.82, 2.24) is 0 Å². The van der Waals surface area contributed by atoms with Crippen molar-refractivity contribution in [3.05, 3.63) is 0 Å². The minimum Gasteiger partial charge on any atom is -0.251 e. The summed E-state index contributed by atoms with van der Waals surface area (Å²) in [5.41, 5.74) is 0. The Morgan fingerprint density at radius 2 is 1.11 bits per heavy atom. The molecule has 1 atom stereocenters. The molecule has 2 nitrogen and oxygen atoms in total. The van der Waals surface area contributed by atoms with Gasteiger partial charge in [-0.1, -0.05) is 0 Å². The summed E-state index contributed by atoms with van der Waals surface area (Å²) in [7, 11) is 0. The minimum atomic E-state index is -6.65. The van der Waals surface area contributed by atoms with E-state index in [4.69, 9.17) is 0 Å². The number of halogens is 11. The molecule has 0 bridgehead atoms. The maximum atomic E-state index is 12.1. The smallest absolute Gasteiger partial charge is 0.251 e. The van der Waals surface area contributed by atoms with Crippen LogP contribution in [0.5, 0.6) is 0 Å². The van der Waals surface area contributed by atoms with Crippen molar-refractivity contribution in [3.8, 4) is 0 Å². The van der Waals surface area contributed by atoms with E-state index in [2.05, 4.69) is 0 Å². The van der Waals surface area contributed by atoms with Crippen LogP contribution in [0.2, 0.25) is 0 Å². The summed E-state index contributed by atoms with van der Waals surface area (Å²) in [6, 6.07) is 0. The normalized spacial score (nSPS) is 16.8. The lowest BCUT2D eigenvalue weighted by atomic mass is 10.6. The van der Waals surface area contributed by atoms with Gasteiger partial charge in [-0.15, -0.1) is 8.78 Å². The van der Waals surface area contributed by atoms with Gasteiger partial charge in [0, 0.05) is 0 Å². The molecular formula is C5HF11O2. The summed E-state index contributed by atoms with van der Waals surface area (Å²) in [5.74, 6) is 0. The van der Waals surface area contributed by atoms with Crippen LogP contribution in [0.1, 0.15) is 0 Å². The molecule has 0 rings (SSSR count). The van der Waals surface area contributed by atoms with Crippen LogP contribution in [0.25, 0.3) is 0 Å². The molecule has 18 heavy (non-hydrogen) atoms. The Hall–Kier alpha value is -0.850. The molecule has 0 saturated heterocycles. The van der Waals surface area contributed by atoms with Crippen LogP contribution in [0.3, 0.4) is 0 Å². The van der Waals surface area contributed by atoms with E-state index in [-0.39, 0.29) is 0 Å². The lowest BCUT2D eigenvalue weighted by Gasteiger charge is -2.25. The highest BCUT2D eigenvalue weighted by atomic mass is 19.4. The lowest BCUT2D eigenvalue weighted by molar-refractivity contribution is -0.531. The third-order valence-electron chi connectivity index (χ3n) is 1.08. The maximum absolute atomic E-state index is 12.1. The quantitative estimate of drug-likeness (QED) is 0.584. The summed E-state index contributed by atoms with van der Waals surface area (Å²) >= 11 is 0. The van der Waals surface area contributed by atoms with Crippen molar-refractivity contribution in [1.29, 1.82) is 0 Å². The summed E-state index contributed by atoms with van der Waals surface area (Å²) < 4.78 is 132. The van der Waals surface area contributed by atoms with Gasteiger partial charge in [0.05, 0.1) is 0 Å². The van der Waals surface area contributed by atoms with Crippen molar-refractivity contribution in [2.45, 2.75) is 31.1 Å². The van der Waals surface area contributed by atoms with Gasteiger partial charge < -0.3 is 0 Å². The van der Waals surface area contributed by atoms with Crippen LogP contribution >= 0.6 is 0 Å². The first-order valence-corrected chi connectivity index (χ1v) is 3.49. The molecule has 110 valence electrons. The zero-order valence-electron chi connectivity index (χ0n) is 7.55. The highest BCUT2D eigenvalue weighted by Crippen LogP contribution is 2.41. The first-order chi connectivity index (χ1) is 7.58. The van der Waals surface area contributed by atoms with E-state index in [0.717, 1.165) is 0 Å². The van der Waals surface area contributed by atoms with Crippen LogP contribution in [0.15, 0.2) is 0 Å². The molecule has 0 aromatic heterocycles. The zero-order chi connectivity index (χ0) is 15.0. The van der Waals surface area contributed by atoms with E-state index in [1.807, 2.05) is 4.74 Å². The second-order valence-electron chi connectivity index (χ2n) is 2.56. The molecule has 0 radical (unpaired) electrons. The molecule has 13 heteroatoms. The second-order valence-corrected chi connectivity index (χ2v) is 2.56. The number of rotatable bonds is 4. The third-order valence-corrected chi connectivity index (χ3v) is 1.08. The summed E-state index contributed by atoms with van der Waals surface area (Å²) in [5, 5.41) is 0. The average Bonchev–Trinajstić information content (AvgIpc) is 1.95. The van der Waals surface area contributed by atoms with Crippen molar-refractivity contribution in [2.75, 3.05) is 0 Å².